The Hall–Kier alpha value is -0.610. The number of rotatable bonds is 4. The lowest BCUT2D eigenvalue weighted by Crippen LogP contribution is -2.58. The summed E-state index contributed by atoms with van der Waals surface area (Å²) in [7, 11) is 6.24. The molecule has 0 atom stereocenters. The molecule has 0 heterocycles. The van der Waals surface area contributed by atoms with E-state index in [2.05, 4.69) is 19.0 Å². The number of hydrogen-bond acceptors (Lipinski definition) is 3. The number of hydrogen-bond donors (Lipinski definition) is 1. The van der Waals surface area contributed by atoms with Crippen LogP contribution < -0.4 is 5.73 Å². The molecule has 0 bridgehead atoms. The Morgan fingerprint density at radius 1 is 1.16 bits per heavy atom. The predicted molar refractivity (Wildman–Crippen MR) is 77.8 cm³/mol. The summed E-state index contributed by atoms with van der Waals surface area (Å²) in [5.74, 6) is 0.545. The lowest BCUT2D eigenvalue weighted by atomic mass is 9.75. The molecular formula is C15H29N3O. The lowest BCUT2D eigenvalue weighted by Gasteiger charge is -2.49. The molecule has 0 saturated heterocycles. The van der Waals surface area contributed by atoms with E-state index >= 15 is 0 Å². The third kappa shape index (κ3) is 3.11. The second kappa shape index (κ2) is 5.80. The van der Waals surface area contributed by atoms with Crippen LogP contribution in [0.2, 0.25) is 0 Å². The zero-order valence-electron chi connectivity index (χ0n) is 12.7. The topological polar surface area (TPSA) is 49.6 Å². The minimum absolute atomic E-state index is 0.212. The van der Waals surface area contributed by atoms with Crippen molar-refractivity contribution in [3.05, 3.63) is 0 Å². The molecule has 0 aromatic rings. The molecule has 2 aliphatic rings. The molecule has 0 aromatic carbocycles. The second-order valence-electron chi connectivity index (χ2n) is 6.78. The van der Waals surface area contributed by atoms with E-state index in [1.54, 1.807) is 0 Å². The monoisotopic (exact) mass is 267 g/mol. The normalized spacial score (nSPS) is 29.9. The van der Waals surface area contributed by atoms with E-state index in [0.717, 1.165) is 32.2 Å². The maximum Gasteiger partial charge on any atom is 0.225 e. The van der Waals surface area contributed by atoms with Crippen LogP contribution in [0.4, 0.5) is 0 Å². The van der Waals surface area contributed by atoms with E-state index in [4.69, 9.17) is 5.73 Å². The van der Waals surface area contributed by atoms with Gasteiger partial charge in [-0.3, -0.25) is 4.79 Å². The summed E-state index contributed by atoms with van der Waals surface area (Å²) in [5.41, 5.74) is 6.15. The standard InChI is InChI=1S/C15H29N3O/c1-17(2)15(9-4-10-15)11-18(3)14(19)12-5-7-13(16)8-6-12/h12-13H,4-11,16H2,1-3H3. The molecule has 2 fully saturated rings. The fourth-order valence-electron chi connectivity index (χ4n) is 3.53. The summed E-state index contributed by atoms with van der Waals surface area (Å²) in [5, 5.41) is 0. The molecule has 110 valence electrons. The van der Waals surface area contributed by atoms with Gasteiger partial charge in [0.15, 0.2) is 0 Å². The molecule has 4 heteroatoms. The van der Waals surface area contributed by atoms with Crippen molar-refractivity contribution in [1.29, 1.82) is 0 Å². The van der Waals surface area contributed by atoms with Gasteiger partial charge in [0, 0.05) is 31.1 Å². The fraction of sp³-hybridized carbons (Fsp3) is 0.933. The van der Waals surface area contributed by atoms with E-state index in [1.807, 2.05) is 11.9 Å². The molecule has 0 aliphatic heterocycles. The molecular weight excluding hydrogens is 238 g/mol. The maximum absolute atomic E-state index is 12.5. The van der Waals surface area contributed by atoms with Gasteiger partial charge in [-0.25, -0.2) is 0 Å². The van der Waals surface area contributed by atoms with Gasteiger partial charge in [0.25, 0.3) is 0 Å². The van der Waals surface area contributed by atoms with Gasteiger partial charge >= 0.3 is 0 Å². The first-order valence-electron chi connectivity index (χ1n) is 7.62. The van der Waals surface area contributed by atoms with Crippen LogP contribution in [0, 0.1) is 5.92 Å². The first-order chi connectivity index (χ1) is 8.94. The summed E-state index contributed by atoms with van der Waals surface area (Å²) in [6.07, 6.45) is 7.67. The summed E-state index contributed by atoms with van der Waals surface area (Å²) < 4.78 is 0. The highest BCUT2D eigenvalue weighted by Gasteiger charge is 2.41. The molecule has 0 spiro atoms. The molecule has 4 nitrogen and oxygen atoms in total. The van der Waals surface area contributed by atoms with Crippen molar-refractivity contribution in [3.63, 3.8) is 0 Å². The number of nitrogens with zero attached hydrogens (tertiary/aromatic N) is 2. The van der Waals surface area contributed by atoms with Gasteiger partial charge in [-0.05, 0) is 59.0 Å². The van der Waals surface area contributed by atoms with E-state index in [9.17, 15) is 4.79 Å². The Labute approximate surface area is 117 Å². The van der Waals surface area contributed by atoms with E-state index in [-0.39, 0.29) is 11.5 Å². The largest absolute Gasteiger partial charge is 0.344 e. The molecule has 0 aromatic heterocycles. The Bertz CT molecular complexity index is 317. The molecule has 0 unspecified atom stereocenters. The fourth-order valence-corrected chi connectivity index (χ4v) is 3.53. The SMILES string of the molecule is CN(CC1(N(C)C)CCC1)C(=O)C1CCC(N)CC1. The van der Waals surface area contributed by atoms with Gasteiger partial charge < -0.3 is 15.5 Å². The predicted octanol–water partition coefficient (Wildman–Crippen LogP) is 1.45. The van der Waals surface area contributed by atoms with Gasteiger partial charge in [0.1, 0.15) is 0 Å². The number of likely N-dealkylation sites (N-methyl/N-ethyl adjacent to an activating group) is 2. The van der Waals surface area contributed by atoms with Crippen molar-refractivity contribution < 1.29 is 4.79 Å². The molecule has 2 saturated carbocycles. The van der Waals surface area contributed by atoms with Crippen LogP contribution >= 0.6 is 0 Å². The zero-order chi connectivity index (χ0) is 14.0. The quantitative estimate of drug-likeness (QED) is 0.838. The average Bonchev–Trinajstić information content (AvgIpc) is 2.33. The molecule has 0 radical (unpaired) electrons. The molecule has 2 rings (SSSR count). The van der Waals surface area contributed by atoms with Crippen molar-refractivity contribution >= 4 is 5.91 Å². The number of carbonyl (C=O) groups is 1. The summed E-state index contributed by atoms with van der Waals surface area (Å²) in [4.78, 5) is 16.8. The van der Waals surface area contributed by atoms with E-state index in [1.165, 1.54) is 19.3 Å². The first kappa shape index (κ1) is 14.8. The van der Waals surface area contributed by atoms with Crippen LogP contribution in [0.15, 0.2) is 0 Å². The van der Waals surface area contributed by atoms with E-state index in [0.29, 0.717) is 11.9 Å². The van der Waals surface area contributed by atoms with Crippen molar-refractivity contribution in [3.8, 4) is 0 Å². The molecule has 2 aliphatic carbocycles. The highest BCUT2D eigenvalue weighted by Crippen LogP contribution is 2.37. The minimum Gasteiger partial charge on any atom is -0.344 e. The van der Waals surface area contributed by atoms with Crippen molar-refractivity contribution in [2.75, 3.05) is 27.7 Å². The van der Waals surface area contributed by atoms with Gasteiger partial charge in [-0.15, -0.1) is 0 Å². The summed E-state index contributed by atoms with van der Waals surface area (Å²) in [6.45, 7) is 0.876. The van der Waals surface area contributed by atoms with Gasteiger partial charge in [0.2, 0.25) is 5.91 Å². The van der Waals surface area contributed by atoms with Crippen LogP contribution in [-0.4, -0.2) is 55.0 Å². The molecule has 1 amide bonds. The molecule has 2 N–H and O–H groups in total. The van der Waals surface area contributed by atoms with Crippen molar-refractivity contribution in [2.24, 2.45) is 11.7 Å². The van der Waals surface area contributed by atoms with Crippen LogP contribution in [0.3, 0.4) is 0 Å². The Morgan fingerprint density at radius 3 is 2.16 bits per heavy atom. The summed E-state index contributed by atoms with van der Waals surface area (Å²) in [6, 6.07) is 0.314. The van der Waals surface area contributed by atoms with Crippen LogP contribution in [0.25, 0.3) is 0 Å². The van der Waals surface area contributed by atoms with Crippen molar-refractivity contribution in [2.45, 2.75) is 56.5 Å². The highest BCUT2D eigenvalue weighted by molar-refractivity contribution is 5.78. The zero-order valence-corrected chi connectivity index (χ0v) is 12.7. The van der Waals surface area contributed by atoms with Gasteiger partial charge in [0.05, 0.1) is 0 Å². The van der Waals surface area contributed by atoms with Gasteiger partial charge in [-0.2, -0.15) is 0 Å². The Balaban J connectivity index is 1.88. The van der Waals surface area contributed by atoms with Crippen LogP contribution in [0.5, 0.6) is 0 Å². The van der Waals surface area contributed by atoms with Crippen molar-refractivity contribution in [1.82, 2.24) is 9.80 Å². The Kier molecular flexibility index (Phi) is 4.51. The average molecular weight is 267 g/mol. The number of carbonyl (C=O) groups excluding carboxylic acids is 1. The Morgan fingerprint density at radius 2 is 1.74 bits per heavy atom. The number of amides is 1. The lowest BCUT2D eigenvalue weighted by molar-refractivity contribution is -0.138. The highest BCUT2D eigenvalue weighted by atomic mass is 16.2. The maximum atomic E-state index is 12.5. The second-order valence-corrected chi connectivity index (χ2v) is 6.78. The molecule has 19 heavy (non-hydrogen) atoms. The minimum atomic E-state index is 0.212. The van der Waals surface area contributed by atoms with Gasteiger partial charge in [-0.1, -0.05) is 0 Å². The van der Waals surface area contributed by atoms with E-state index < -0.39 is 0 Å². The summed E-state index contributed by atoms with van der Waals surface area (Å²) >= 11 is 0. The third-order valence-corrected chi connectivity index (χ3v) is 5.26. The van der Waals surface area contributed by atoms with Crippen LogP contribution in [0.1, 0.15) is 44.9 Å². The first-order valence-corrected chi connectivity index (χ1v) is 7.62. The third-order valence-electron chi connectivity index (χ3n) is 5.26. The van der Waals surface area contributed by atoms with Crippen LogP contribution in [-0.2, 0) is 4.79 Å². The number of nitrogens with two attached hydrogens (primary N) is 1. The smallest absolute Gasteiger partial charge is 0.225 e.